The topological polar surface area (TPSA) is 81.3 Å². The highest BCUT2D eigenvalue weighted by Crippen LogP contribution is 2.19. The highest BCUT2D eigenvalue weighted by molar-refractivity contribution is 5.94. The van der Waals surface area contributed by atoms with E-state index in [0.29, 0.717) is 23.6 Å². The number of carbonyl (C=O) groups is 1. The minimum Gasteiger partial charge on any atom is -0.482 e. The normalized spacial score (nSPS) is 10.6. The molecule has 1 N–H and O–H groups in total. The number of esters is 1. The average Bonchev–Trinajstić information content (AvgIpc) is 2.65. The Labute approximate surface area is 152 Å². The third-order valence-corrected chi connectivity index (χ3v) is 3.75. The van der Waals surface area contributed by atoms with Crippen molar-refractivity contribution in [2.75, 3.05) is 14.2 Å². The van der Waals surface area contributed by atoms with Gasteiger partial charge in [-0.2, -0.15) is 0 Å². The van der Waals surface area contributed by atoms with Crippen molar-refractivity contribution in [1.82, 2.24) is 9.97 Å². The maximum Gasteiger partial charge on any atom is 0.344 e. The van der Waals surface area contributed by atoms with Crippen LogP contribution in [-0.4, -0.2) is 30.2 Å². The van der Waals surface area contributed by atoms with Gasteiger partial charge >= 0.3 is 5.97 Å². The third-order valence-electron chi connectivity index (χ3n) is 3.75. The van der Waals surface area contributed by atoms with E-state index in [4.69, 9.17) is 9.47 Å². The number of hydrogen-bond donors (Lipinski definition) is 1. The first-order chi connectivity index (χ1) is 12.5. The van der Waals surface area contributed by atoms with Gasteiger partial charge in [-0.05, 0) is 44.0 Å². The van der Waals surface area contributed by atoms with E-state index in [1.54, 1.807) is 24.5 Å². The Bertz CT molecular complexity index is 892. The second kappa shape index (κ2) is 8.80. The standard InChI is InChI=1S/C20H22N2O4/c1-13(2)5-7-15-18(23)17(20(24)26-4)16(22-19(15)25-3)8-6-14-9-11-21-12-10-14/h5-6,8-12H,7H2,1-4H3,(H,22,23)/b8-6-. The van der Waals surface area contributed by atoms with Crippen molar-refractivity contribution in [3.63, 3.8) is 0 Å². The van der Waals surface area contributed by atoms with Gasteiger partial charge in [0.15, 0.2) is 5.88 Å². The molecular formula is C20H22N2O4. The number of rotatable bonds is 6. The number of allylic oxidation sites excluding steroid dienone is 2. The Balaban J connectivity index is 2.61. The molecule has 0 bridgehead atoms. The molecule has 6 heteroatoms. The smallest absolute Gasteiger partial charge is 0.344 e. The van der Waals surface area contributed by atoms with Gasteiger partial charge in [0, 0.05) is 12.4 Å². The Kier molecular flexibility index (Phi) is 6.49. The molecular weight excluding hydrogens is 332 g/mol. The molecule has 0 spiro atoms. The van der Waals surface area contributed by atoms with Gasteiger partial charge in [0.25, 0.3) is 0 Å². The maximum absolute atomic E-state index is 12.9. The van der Waals surface area contributed by atoms with Crippen LogP contribution in [0.15, 0.2) is 41.0 Å². The molecule has 0 aromatic carbocycles. The lowest BCUT2D eigenvalue weighted by Gasteiger charge is -2.12. The summed E-state index contributed by atoms with van der Waals surface area (Å²) in [5, 5.41) is 0. The highest BCUT2D eigenvalue weighted by Gasteiger charge is 2.21. The zero-order valence-electron chi connectivity index (χ0n) is 15.3. The Morgan fingerprint density at radius 1 is 1.19 bits per heavy atom. The van der Waals surface area contributed by atoms with E-state index in [-0.39, 0.29) is 5.56 Å². The fourth-order valence-electron chi connectivity index (χ4n) is 2.39. The van der Waals surface area contributed by atoms with Crippen LogP contribution in [0.4, 0.5) is 0 Å². The molecule has 0 radical (unpaired) electrons. The van der Waals surface area contributed by atoms with E-state index in [0.717, 1.165) is 11.1 Å². The van der Waals surface area contributed by atoms with E-state index in [2.05, 4.69) is 9.97 Å². The van der Waals surface area contributed by atoms with Gasteiger partial charge in [-0.15, -0.1) is 0 Å². The zero-order chi connectivity index (χ0) is 19.1. The SMILES string of the molecule is COC(=O)c1c(/C=C\c2ccncc2)[nH]c(OC)c(CC=C(C)C)c1=O. The molecule has 0 amide bonds. The van der Waals surface area contributed by atoms with Crippen LogP contribution in [0.25, 0.3) is 12.2 Å². The average molecular weight is 354 g/mol. The molecule has 6 nitrogen and oxygen atoms in total. The minimum atomic E-state index is -0.693. The number of hydrogen-bond acceptors (Lipinski definition) is 5. The Morgan fingerprint density at radius 2 is 1.88 bits per heavy atom. The second-order valence-electron chi connectivity index (χ2n) is 5.85. The molecule has 2 aromatic rings. The molecule has 2 aromatic heterocycles. The van der Waals surface area contributed by atoms with Crippen molar-refractivity contribution in [2.45, 2.75) is 20.3 Å². The van der Waals surface area contributed by atoms with Crippen molar-refractivity contribution < 1.29 is 14.3 Å². The summed E-state index contributed by atoms with van der Waals surface area (Å²) in [6.07, 6.45) is 9.00. The van der Waals surface area contributed by atoms with Crippen LogP contribution in [0.1, 0.15) is 41.0 Å². The second-order valence-corrected chi connectivity index (χ2v) is 5.85. The van der Waals surface area contributed by atoms with Gasteiger partial charge in [-0.25, -0.2) is 4.79 Å². The summed E-state index contributed by atoms with van der Waals surface area (Å²) in [6.45, 7) is 3.88. The molecule has 0 saturated carbocycles. The van der Waals surface area contributed by atoms with Crippen LogP contribution in [0.2, 0.25) is 0 Å². The van der Waals surface area contributed by atoms with Crippen molar-refractivity contribution in [3.05, 3.63) is 68.8 Å². The number of H-pyrrole nitrogens is 1. The zero-order valence-corrected chi connectivity index (χ0v) is 15.3. The fourth-order valence-corrected chi connectivity index (χ4v) is 2.39. The van der Waals surface area contributed by atoms with Gasteiger partial charge in [-0.1, -0.05) is 17.7 Å². The summed E-state index contributed by atoms with van der Waals surface area (Å²) < 4.78 is 10.1. The molecule has 0 atom stereocenters. The number of nitrogens with zero attached hydrogens (tertiary/aromatic N) is 1. The number of ether oxygens (including phenoxy) is 2. The molecule has 0 aliphatic rings. The summed E-state index contributed by atoms with van der Waals surface area (Å²) >= 11 is 0. The van der Waals surface area contributed by atoms with Crippen LogP contribution >= 0.6 is 0 Å². The van der Waals surface area contributed by atoms with Gasteiger partial charge in [0.1, 0.15) is 5.56 Å². The molecule has 0 aliphatic heterocycles. The van der Waals surface area contributed by atoms with Gasteiger partial charge in [0.05, 0.1) is 25.5 Å². The summed E-state index contributed by atoms with van der Waals surface area (Å²) in [5.41, 5.74) is 2.21. The minimum absolute atomic E-state index is 0.0456. The van der Waals surface area contributed by atoms with Crippen LogP contribution in [0.5, 0.6) is 5.88 Å². The first kappa shape index (κ1) is 19.2. The first-order valence-electron chi connectivity index (χ1n) is 8.10. The van der Waals surface area contributed by atoms with Gasteiger partial charge < -0.3 is 14.5 Å². The monoisotopic (exact) mass is 354 g/mol. The molecule has 0 fully saturated rings. The molecule has 0 unspecified atom stereocenters. The van der Waals surface area contributed by atoms with Crippen LogP contribution in [0.3, 0.4) is 0 Å². The molecule has 0 aliphatic carbocycles. The predicted octanol–water partition coefficient (Wildman–Crippen LogP) is 3.24. The summed E-state index contributed by atoms with van der Waals surface area (Å²) in [6, 6.07) is 3.62. The van der Waals surface area contributed by atoms with Crippen molar-refractivity contribution in [1.29, 1.82) is 0 Å². The highest BCUT2D eigenvalue weighted by atomic mass is 16.5. The van der Waals surface area contributed by atoms with Crippen molar-refractivity contribution in [3.8, 4) is 5.88 Å². The maximum atomic E-state index is 12.9. The van der Waals surface area contributed by atoms with E-state index in [1.807, 2.05) is 32.1 Å². The van der Waals surface area contributed by atoms with Crippen LogP contribution < -0.4 is 10.2 Å². The Morgan fingerprint density at radius 3 is 2.46 bits per heavy atom. The summed E-state index contributed by atoms with van der Waals surface area (Å²) in [5.74, 6) is -0.365. The van der Waals surface area contributed by atoms with E-state index >= 15 is 0 Å². The predicted molar refractivity (Wildman–Crippen MR) is 101 cm³/mol. The van der Waals surface area contributed by atoms with Gasteiger partial charge in [0.2, 0.25) is 5.43 Å². The number of aromatic nitrogens is 2. The molecule has 136 valence electrons. The van der Waals surface area contributed by atoms with E-state index in [1.165, 1.54) is 14.2 Å². The fraction of sp³-hybridized carbons (Fsp3) is 0.250. The number of carbonyl (C=O) groups excluding carboxylic acids is 1. The first-order valence-corrected chi connectivity index (χ1v) is 8.10. The Hall–Kier alpha value is -3.15. The van der Waals surface area contributed by atoms with E-state index < -0.39 is 11.4 Å². The van der Waals surface area contributed by atoms with Crippen LogP contribution in [-0.2, 0) is 11.2 Å². The number of aromatic amines is 1. The van der Waals surface area contributed by atoms with Gasteiger partial charge in [-0.3, -0.25) is 9.78 Å². The lowest BCUT2D eigenvalue weighted by Crippen LogP contribution is -2.23. The molecule has 0 saturated heterocycles. The largest absolute Gasteiger partial charge is 0.482 e. The quantitative estimate of drug-likeness (QED) is 0.636. The summed E-state index contributed by atoms with van der Waals surface area (Å²) in [7, 11) is 2.73. The van der Waals surface area contributed by atoms with Crippen LogP contribution in [0, 0.1) is 0 Å². The number of methoxy groups -OCH3 is 2. The number of pyridine rings is 2. The van der Waals surface area contributed by atoms with Crippen molar-refractivity contribution in [2.24, 2.45) is 0 Å². The summed E-state index contributed by atoms with van der Waals surface area (Å²) in [4.78, 5) is 32.1. The lowest BCUT2D eigenvalue weighted by atomic mass is 10.0. The molecule has 2 rings (SSSR count). The van der Waals surface area contributed by atoms with E-state index in [9.17, 15) is 9.59 Å². The molecule has 2 heterocycles. The molecule has 26 heavy (non-hydrogen) atoms. The third kappa shape index (κ3) is 4.47. The lowest BCUT2D eigenvalue weighted by molar-refractivity contribution is 0.0598. The number of nitrogens with one attached hydrogen (secondary N) is 1. The van der Waals surface area contributed by atoms with Crippen molar-refractivity contribution >= 4 is 18.1 Å².